The van der Waals surface area contributed by atoms with E-state index in [0.717, 1.165) is 23.2 Å². The zero-order chi connectivity index (χ0) is 13.8. The van der Waals surface area contributed by atoms with Crippen molar-refractivity contribution >= 4 is 23.2 Å². The van der Waals surface area contributed by atoms with Gasteiger partial charge in [0.15, 0.2) is 5.76 Å². The van der Waals surface area contributed by atoms with Gasteiger partial charge < -0.3 is 9.73 Å². The average molecular weight is 278 g/mol. The third-order valence-corrected chi connectivity index (χ3v) is 3.26. The van der Waals surface area contributed by atoms with Crippen LogP contribution < -0.4 is 5.32 Å². The Balaban J connectivity index is 2.23. The molecular weight excluding hydrogens is 262 g/mol. The number of carbonyl (C=O) groups is 1. The molecule has 0 aliphatic carbocycles. The summed E-state index contributed by atoms with van der Waals surface area (Å²) in [7, 11) is 0. The van der Waals surface area contributed by atoms with E-state index in [1.54, 1.807) is 12.1 Å². The maximum absolute atomic E-state index is 12.1. The van der Waals surface area contributed by atoms with Gasteiger partial charge in [0.25, 0.3) is 5.91 Å². The van der Waals surface area contributed by atoms with Gasteiger partial charge in [0.1, 0.15) is 5.76 Å². The highest BCUT2D eigenvalue weighted by Gasteiger charge is 2.14. The number of halogens is 1. The molecule has 0 saturated heterocycles. The van der Waals surface area contributed by atoms with E-state index < -0.39 is 0 Å². The molecule has 100 valence electrons. The van der Waals surface area contributed by atoms with E-state index in [0.29, 0.717) is 5.76 Å². The van der Waals surface area contributed by atoms with Crippen molar-refractivity contribution in [3.05, 3.63) is 53.0 Å². The number of aryl methyl sites for hydroxylation is 2. The molecule has 2 rings (SSSR count). The molecule has 19 heavy (non-hydrogen) atoms. The SMILES string of the molecule is CCc1cccc(C)c1NC(=O)c1ccc(CCl)o1. The van der Waals surface area contributed by atoms with Crippen LogP contribution in [0, 0.1) is 6.92 Å². The number of carbonyl (C=O) groups excluding carboxylic acids is 1. The van der Waals surface area contributed by atoms with E-state index in [1.807, 2.05) is 25.1 Å². The van der Waals surface area contributed by atoms with Crippen molar-refractivity contribution in [2.75, 3.05) is 5.32 Å². The summed E-state index contributed by atoms with van der Waals surface area (Å²) in [6.07, 6.45) is 0.863. The number of rotatable bonds is 4. The first-order valence-corrected chi connectivity index (χ1v) is 6.73. The first kappa shape index (κ1) is 13.7. The van der Waals surface area contributed by atoms with Crippen LogP contribution in [-0.4, -0.2) is 5.91 Å². The van der Waals surface area contributed by atoms with E-state index in [2.05, 4.69) is 12.2 Å². The molecule has 1 heterocycles. The van der Waals surface area contributed by atoms with Gasteiger partial charge in [-0.05, 0) is 36.6 Å². The van der Waals surface area contributed by atoms with Crippen LogP contribution in [-0.2, 0) is 12.3 Å². The quantitative estimate of drug-likeness (QED) is 0.854. The Hall–Kier alpha value is -1.74. The van der Waals surface area contributed by atoms with Crippen LogP contribution in [0.2, 0.25) is 0 Å². The van der Waals surface area contributed by atoms with Crippen LogP contribution in [0.15, 0.2) is 34.7 Å². The lowest BCUT2D eigenvalue weighted by Crippen LogP contribution is -2.13. The highest BCUT2D eigenvalue weighted by molar-refractivity contribution is 6.16. The van der Waals surface area contributed by atoms with E-state index in [-0.39, 0.29) is 17.5 Å². The number of hydrogen-bond donors (Lipinski definition) is 1. The molecule has 0 radical (unpaired) electrons. The van der Waals surface area contributed by atoms with E-state index in [1.165, 1.54) is 0 Å². The second-order valence-corrected chi connectivity index (χ2v) is 4.58. The van der Waals surface area contributed by atoms with Gasteiger partial charge in [-0.2, -0.15) is 0 Å². The van der Waals surface area contributed by atoms with Gasteiger partial charge in [0.05, 0.1) is 5.88 Å². The minimum Gasteiger partial charge on any atom is -0.455 e. The van der Waals surface area contributed by atoms with Crippen LogP contribution in [0.25, 0.3) is 0 Å². The molecular formula is C15H16ClNO2. The summed E-state index contributed by atoms with van der Waals surface area (Å²) >= 11 is 5.65. The molecule has 0 spiro atoms. The summed E-state index contributed by atoms with van der Waals surface area (Å²) in [5.41, 5.74) is 3.01. The number of alkyl halides is 1. The lowest BCUT2D eigenvalue weighted by atomic mass is 10.1. The minimum absolute atomic E-state index is 0.250. The normalized spacial score (nSPS) is 10.5. The van der Waals surface area contributed by atoms with Gasteiger partial charge in [-0.15, -0.1) is 11.6 Å². The zero-order valence-electron chi connectivity index (χ0n) is 11.0. The third kappa shape index (κ3) is 2.99. The molecule has 1 aromatic carbocycles. The molecule has 0 bridgehead atoms. The summed E-state index contributed by atoms with van der Waals surface area (Å²) in [4.78, 5) is 12.1. The molecule has 0 atom stereocenters. The standard InChI is InChI=1S/C15H16ClNO2/c1-3-11-6-4-5-10(2)14(11)17-15(18)13-8-7-12(9-16)19-13/h4-8H,3,9H2,1-2H3,(H,17,18). The lowest BCUT2D eigenvalue weighted by Gasteiger charge is -2.11. The van der Waals surface area contributed by atoms with Gasteiger partial charge in [-0.25, -0.2) is 0 Å². The Morgan fingerprint density at radius 3 is 2.74 bits per heavy atom. The van der Waals surface area contributed by atoms with E-state index in [9.17, 15) is 4.79 Å². The highest BCUT2D eigenvalue weighted by atomic mass is 35.5. The van der Waals surface area contributed by atoms with Gasteiger partial charge in [0, 0.05) is 5.69 Å². The van der Waals surface area contributed by atoms with Crippen molar-refractivity contribution in [1.29, 1.82) is 0 Å². The molecule has 3 nitrogen and oxygen atoms in total. The first-order valence-electron chi connectivity index (χ1n) is 6.20. The van der Waals surface area contributed by atoms with Crippen LogP contribution in [0.4, 0.5) is 5.69 Å². The van der Waals surface area contributed by atoms with E-state index in [4.69, 9.17) is 16.0 Å². The van der Waals surface area contributed by atoms with Gasteiger partial charge >= 0.3 is 0 Å². The molecule has 4 heteroatoms. The number of anilines is 1. The molecule has 0 aliphatic heterocycles. The average Bonchev–Trinajstić information content (AvgIpc) is 2.90. The Morgan fingerprint density at radius 1 is 1.32 bits per heavy atom. The number of furan rings is 1. The van der Waals surface area contributed by atoms with Crippen molar-refractivity contribution in [2.45, 2.75) is 26.1 Å². The Morgan fingerprint density at radius 2 is 2.11 bits per heavy atom. The highest BCUT2D eigenvalue weighted by Crippen LogP contribution is 2.22. The van der Waals surface area contributed by atoms with Crippen LogP contribution >= 0.6 is 11.6 Å². The number of amides is 1. The van der Waals surface area contributed by atoms with Crippen LogP contribution in [0.1, 0.15) is 34.4 Å². The number of hydrogen-bond acceptors (Lipinski definition) is 2. The van der Waals surface area contributed by atoms with E-state index >= 15 is 0 Å². The largest absolute Gasteiger partial charge is 0.455 e. The molecule has 2 aromatic rings. The lowest BCUT2D eigenvalue weighted by molar-refractivity contribution is 0.0995. The summed E-state index contributed by atoms with van der Waals surface area (Å²) in [6, 6.07) is 9.32. The van der Waals surface area contributed by atoms with Crippen molar-refractivity contribution in [3.63, 3.8) is 0 Å². The second kappa shape index (κ2) is 5.93. The molecule has 1 N–H and O–H groups in total. The fourth-order valence-corrected chi connectivity index (χ4v) is 2.09. The molecule has 0 fully saturated rings. The molecule has 0 saturated carbocycles. The fraction of sp³-hybridized carbons (Fsp3) is 0.267. The first-order chi connectivity index (χ1) is 9.15. The van der Waals surface area contributed by atoms with Gasteiger partial charge in [-0.3, -0.25) is 4.79 Å². The predicted octanol–water partition coefficient (Wildman–Crippen LogP) is 4.14. The Bertz CT molecular complexity index is 590. The molecule has 1 amide bonds. The zero-order valence-corrected chi connectivity index (χ0v) is 11.8. The molecule has 0 unspecified atom stereocenters. The van der Waals surface area contributed by atoms with Gasteiger partial charge in [-0.1, -0.05) is 25.1 Å². The number of para-hydroxylation sites is 1. The summed E-state index contributed by atoms with van der Waals surface area (Å²) < 4.78 is 5.34. The summed E-state index contributed by atoms with van der Waals surface area (Å²) in [6.45, 7) is 4.03. The van der Waals surface area contributed by atoms with Crippen LogP contribution in [0.3, 0.4) is 0 Å². The summed E-state index contributed by atoms with van der Waals surface area (Å²) in [5, 5.41) is 2.91. The topological polar surface area (TPSA) is 42.2 Å². The minimum atomic E-state index is -0.250. The number of benzene rings is 1. The number of nitrogens with one attached hydrogen (secondary N) is 1. The monoisotopic (exact) mass is 277 g/mol. The van der Waals surface area contributed by atoms with Crippen molar-refractivity contribution < 1.29 is 9.21 Å². The van der Waals surface area contributed by atoms with Gasteiger partial charge in [0.2, 0.25) is 0 Å². The predicted molar refractivity (Wildman–Crippen MR) is 76.8 cm³/mol. The maximum atomic E-state index is 12.1. The Kier molecular flexibility index (Phi) is 4.27. The van der Waals surface area contributed by atoms with Crippen molar-refractivity contribution in [1.82, 2.24) is 0 Å². The van der Waals surface area contributed by atoms with Crippen LogP contribution in [0.5, 0.6) is 0 Å². The summed E-state index contributed by atoms with van der Waals surface area (Å²) in [5.74, 6) is 0.881. The molecule has 0 aliphatic rings. The molecule has 1 aromatic heterocycles. The fourth-order valence-electron chi connectivity index (χ4n) is 1.95. The Labute approximate surface area is 117 Å². The smallest absolute Gasteiger partial charge is 0.291 e. The second-order valence-electron chi connectivity index (χ2n) is 4.32. The van der Waals surface area contributed by atoms with Crippen molar-refractivity contribution in [2.24, 2.45) is 0 Å². The van der Waals surface area contributed by atoms with Crippen molar-refractivity contribution in [3.8, 4) is 0 Å². The third-order valence-electron chi connectivity index (χ3n) is 3.00. The maximum Gasteiger partial charge on any atom is 0.291 e.